The molecular formula is C18H17N3O. The Balaban J connectivity index is 1.75. The second-order valence-corrected chi connectivity index (χ2v) is 5.67. The van der Waals surface area contributed by atoms with Crippen molar-refractivity contribution in [3.63, 3.8) is 0 Å². The van der Waals surface area contributed by atoms with E-state index in [1.165, 1.54) is 6.20 Å². The molecule has 0 unspecified atom stereocenters. The number of nitrogens with one attached hydrogen (secondary N) is 1. The number of carbonyl (C=O) groups is 1. The third kappa shape index (κ3) is 2.71. The highest BCUT2D eigenvalue weighted by molar-refractivity contribution is 6.04. The summed E-state index contributed by atoms with van der Waals surface area (Å²) in [4.78, 5) is 16.0. The molecule has 1 aromatic carbocycles. The summed E-state index contributed by atoms with van der Waals surface area (Å²) in [5, 5.41) is 12.4. The van der Waals surface area contributed by atoms with Gasteiger partial charge in [0.05, 0.1) is 17.0 Å². The number of aromatic nitrogens is 1. The van der Waals surface area contributed by atoms with E-state index >= 15 is 0 Å². The zero-order valence-corrected chi connectivity index (χ0v) is 12.2. The maximum atomic E-state index is 12.1. The molecule has 2 aromatic rings. The van der Waals surface area contributed by atoms with Crippen molar-refractivity contribution in [3.05, 3.63) is 59.9 Å². The Hall–Kier alpha value is -2.67. The van der Waals surface area contributed by atoms with E-state index in [1.54, 1.807) is 18.3 Å². The smallest absolute Gasteiger partial charge is 0.257 e. The van der Waals surface area contributed by atoms with Gasteiger partial charge in [-0.1, -0.05) is 25.0 Å². The summed E-state index contributed by atoms with van der Waals surface area (Å²) < 4.78 is 0. The van der Waals surface area contributed by atoms with Crippen molar-refractivity contribution in [2.45, 2.75) is 31.1 Å². The summed E-state index contributed by atoms with van der Waals surface area (Å²) in [6.07, 6.45) is 7.22. The Labute approximate surface area is 129 Å². The van der Waals surface area contributed by atoms with Gasteiger partial charge >= 0.3 is 0 Å². The van der Waals surface area contributed by atoms with Crippen LogP contribution >= 0.6 is 0 Å². The SMILES string of the molecule is N#CC1(c2ccc(NC(=O)c3cccnc3)cc2)CCCC1. The number of nitriles is 1. The number of amides is 1. The van der Waals surface area contributed by atoms with Crippen LogP contribution in [0, 0.1) is 11.3 Å². The predicted octanol–water partition coefficient (Wildman–Crippen LogP) is 3.67. The van der Waals surface area contributed by atoms with Gasteiger partial charge in [-0.25, -0.2) is 0 Å². The average Bonchev–Trinajstić information content (AvgIpc) is 3.06. The number of benzene rings is 1. The number of nitrogens with zero attached hydrogens (tertiary/aromatic N) is 2. The van der Waals surface area contributed by atoms with Crippen LogP contribution in [-0.4, -0.2) is 10.9 Å². The lowest BCUT2D eigenvalue weighted by Crippen LogP contribution is -2.19. The van der Waals surface area contributed by atoms with Crippen molar-refractivity contribution in [2.24, 2.45) is 0 Å². The zero-order valence-electron chi connectivity index (χ0n) is 12.2. The third-order valence-corrected chi connectivity index (χ3v) is 4.29. The summed E-state index contributed by atoms with van der Waals surface area (Å²) in [5.41, 5.74) is 1.96. The molecule has 0 bridgehead atoms. The number of pyridine rings is 1. The van der Waals surface area contributed by atoms with Gasteiger partial charge in [-0.15, -0.1) is 0 Å². The van der Waals surface area contributed by atoms with Crippen LogP contribution in [0.25, 0.3) is 0 Å². The molecule has 1 heterocycles. The van der Waals surface area contributed by atoms with E-state index in [0.29, 0.717) is 5.56 Å². The minimum atomic E-state index is -0.341. The molecule has 4 nitrogen and oxygen atoms in total. The second-order valence-electron chi connectivity index (χ2n) is 5.67. The van der Waals surface area contributed by atoms with Crippen LogP contribution in [0.15, 0.2) is 48.8 Å². The van der Waals surface area contributed by atoms with Gasteiger partial charge in [-0.2, -0.15) is 5.26 Å². The van der Waals surface area contributed by atoms with Crippen molar-refractivity contribution in [1.29, 1.82) is 5.26 Å². The van der Waals surface area contributed by atoms with Gasteiger partial charge in [-0.3, -0.25) is 9.78 Å². The highest BCUT2D eigenvalue weighted by Crippen LogP contribution is 2.40. The fraction of sp³-hybridized carbons (Fsp3) is 0.278. The molecular weight excluding hydrogens is 274 g/mol. The maximum Gasteiger partial charge on any atom is 0.257 e. The lowest BCUT2D eigenvalue weighted by Gasteiger charge is -2.20. The summed E-state index contributed by atoms with van der Waals surface area (Å²) >= 11 is 0. The Morgan fingerprint density at radius 2 is 1.91 bits per heavy atom. The molecule has 0 radical (unpaired) electrons. The van der Waals surface area contributed by atoms with E-state index in [9.17, 15) is 10.1 Å². The van der Waals surface area contributed by atoms with Crippen molar-refractivity contribution in [2.75, 3.05) is 5.32 Å². The summed E-state index contributed by atoms with van der Waals surface area (Å²) in [6.45, 7) is 0. The lowest BCUT2D eigenvalue weighted by atomic mass is 9.80. The zero-order chi connectivity index (χ0) is 15.4. The van der Waals surface area contributed by atoms with Crippen LogP contribution in [0.4, 0.5) is 5.69 Å². The lowest BCUT2D eigenvalue weighted by molar-refractivity contribution is 0.102. The van der Waals surface area contributed by atoms with Gasteiger partial charge in [0, 0.05) is 18.1 Å². The molecule has 3 rings (SSSR count). The van der Waals surface area contributed by atoms with Crippen LogP contribution in [0.5, 0.6) is 0 Å². The Kier molecular flexibility index (Phi) is 3.88. The molecule has 1 aliphatic carbocycles. The summed E-state index contributed by atoms with van der Waals surface area (Å²) in [5.74, 6) is -0.184. The van der Waals surface area contributed by atoms with Crippen LogP contribution in [0.2, 0.25) is 0 Å². The van der Waals surface area contributed by atoms with Gasteiger partial charge in [0.1, 0.15) is 0 Å². The number of anilines is 1. The topological polar surface area (TPSA) is 65.8 Å². The van der Waals surface area contributed by atoms with Crippen LogP contribution in [0.1, 0.15) is 41.6 Å². The van der Waals surface area contributed by atoms with Gasteiger partial charge in [0.2, 0.25) is 0 Å². The molecule has 0 atom stereocenters. The van der Waals surface area contributed by atoms with Crippen molar-refractivity contribution in [1.82, 2.24) is 4.98 Å². The second kappa shape index (κ2) is 5.98. The largest absolute Gasteiger partial charge is 0.322 e. The van der Waals surface area contributed by atoms with E-state index in [1.807, 2.05) is 24.3 Å². The Morgan fingerprint density at radius 1 is 1.18 bits per heavy atom. The van der Waals surface area contributed by atoms with Gasteiger partial charge in [-0.05, 0) is 42.7 Å². The fourth-order valence-corrected chi connectivity index (χ4v) is 3.02. The van der Waals surface area contributed by atoms with E-state index < -0.39 is 0 Å². The number of rotatable bonds is 3. The minimum absolute atomic E-state index is 0.184. The number of hydrogen-bond donors (Lipinski definition) is 1. The van der Waals surface area contributed by atoms with Crippen molar-refractivity contribution < 1.29 is 4.79 Å². The molecule has 0 saturated heterocycles. The Morgan fingerprint density at radius 3 is 2.50 bits per heavy atom. The van der Waals surface area contributed by atoms with Crippen molar-refractivity contribution in [3.8, 4) is 6.07 Å². The van der Waals surface area contributed by atoms with Crippen LogP contribution in [0.3, 0.4) is 0 Å². The molecule has 22 heavy (non-hydrogen) atoms. The minimum Gasteiger partial charge on any atom is -0.322 e. The summed E-state index contributed by atoms with van der Waals surface area (Å²) in [7, 11) is 0. The fourth-order valence-electron chi connectivity index (χ4n) is 3.02. The molecule has 1 amide bonds. The van der Waals surface area contributed by atoms with Gasteiger partial charge < -0.3 is 5.32 Å². The Bertz CT molecular complexity index is 695. The van der Waals surface area contributed by atoms with E-state index in [-0.39, 0.29) is 11.3 Å². The first-order valence-electron chi connectivity index (χ1n) is 7.47. The molecule has 0 aliphatic heterocycles. The van der Waals surface area contributed by atoms with E-state index in [4.69, 9.17) is 0 Å². The molecule has 1 aromatic heterocycles. The van der Waals surface area contributed by atoms with E-state index in [0.717, 1.165) is 36.9 Å². The number of hydrogen-bond acceptors (Lipinski definition) is 3. The molecule has 110 valence electrons. The van der Waals surface area contributed by atoms with Crippen LogP contribution in [-0.2, 0) is 5.41 Å². The van der Waals surface area contributed by atoms with Crippen molar-refractivity contribution >= 4 is 11.6 Å². The molecule has 1 aliphatic rings. The molecule has 4 heteroatoms. The number of carbonyl (C=O) groups excluding carboxylic acids is 1. The van der Waals surface area contributed by atoms with Gasteiger partial charge in [0.25, 0.3) is 5.91 Å². The standard InChI is InChI=1S/C18H17N3O/c19-13-18(9-1-2-10-18)15-5-7-16(8-6-15)21-17(22)14-4-3-11-20-12-14/h3-8,11-12H,1-2,9-10H2,(H,21,22). The average molecular weight is 291 g/mol. The first-order valence-corrected chi connectivity index (χ1v) is 7.47. The monoisotopic (exact) mass is 291 g/mol. The van der Waals surface area contributed by atoms with Gasteiger partial charge in [0.15, 0.2) is 0 Å². The van der Waals surface area contributed by atoms with E-state index in [2.05, 4.69) is 16.4 Å². The quantitative estimate of drug-likeness (QED) is 0.938. The molecule has 1 fully saturated rings. The molecule has 0 spiro atoms. The third-order valence-electron chi connectivity index (χ3n) is 4.29. The molecule has 1 N–H and O–H groups in total. The molecule has 1 saturated carbocycles. The predicted molar refractivity (Wildman–Crippen MR) is 84.4 cm³/mol. The highest BCUT2D eigenvalue weighted by Gasteiger charge is 2.35. The normalized spacial score (nSPS) is 16.0. The first-order chi connectivity index (χ1) is 10.7. The first kappa shape index (κ1) is 14.3. The summed E-state index contributed by atoms with van der Waals surface area (Å²) in [6, 6.07) is 13.6. The maximum absolute atomic E-state index is 12.1. The highest BCUT2D eigenvalue weighted by atomic mass is 16.1. The van der Waals surface area contributed by atoms with Crippen LogP contribution < -0.4 is 5.32 Å².